The summed E-state index contributed by atoms with van der Waals surface area (Å²) in [7, 11) is 0. The minimum absolute atomic E-state index is 0.138. The van der Waals surface area contributed by atoms with Gasteiger partial charge in [-0.1, -0.05) is 51.9 Å². The fourth-order valence-electron chi connectivity index (χ4n) is 3.08. The smallest absolute Gasteiger partial charge is 0.323 e. The Balaban J connectivity index is 3.83. The third-order valence-corrected chi connectivity index (χ3v) is 5.01. The van der Waals surface area contributed by atoms with Crippen molar-refractivity contribution in [2.24, 2.45) is 5.73 Å². The lowest BCUT2D eigenvalue weighted by Gasteiger charge is -2.25. The van der Waals surface area contributed by atoms with Crippen molar-refractivity contribution in [3.63, 3.8) is 0 Å². The molecule has 0 saturated carbocycles. The van der Waals surface area contributed by atoms with Crippen molar-refractivity contribution >= 4 is 11.7 Å². The maximum absolute atomic E-state index is 10.7. The van der Waals surface area contributed by atoms with Gasteiger partial charge in [-0.05, 0) is 25.7 Å². The maximum atomic E-state index is 10.7. The van der Waals surface area contributed by atoms with E-state index in [1.165, 1.54) is 19.3 Å². The second-order valence-electron chi connectivity index (χ2n) is 7.68. The van der Waals surface area contributed by atoms with Gasteiger partial charge in [0.1, 0.15) is 18.2 Å². The molecular weight excluding hydrogens is 364 g/mol. The zero-order valence-corrected chi connectivity index (χ0v) is 17.1. The Hall–Kier alpha value is -1.06. The lowest BCUT2D eigenvalue weighted by molar-refractivity contribution is -0.145. The van der Waals surface area contributed by atoms with Gasteiger partial charge >= 0.3 is 5.97 Å². The van der Waals surface area contributed by atoms with Crippen LogP contribution in [0.5, 0.6) is 0 Å². The summed E-state index contributed by atoms with van der Waals surface area (Å²) < 4.78 is 0. The van der Waals surface area contributed by atoms with Gasteiger partial charge in [0.05, 0.1) is 12.2 Å². The van der Waals surface area contributed by atoms with Gasteiger partial charge in [0, 0.05) is 12.1 Å². The highest BCUT2D eigenvalue weighted by molar-refractivity contribution is 5.81. The Bertz CT molecular complexity index is 435. The number of hydrogen-bond acceptors (Lipinski definition) is 7. The first-order valence-electron chi connectivity index (χ1n) is 10.5. The minimum atomic E-state index is -1.80. The first-order chi connectivity index (χ1) is 13.2. The SMILES string of the molecule is CCCCCCC(O)CCCCCCC(=N)CC(O)C(O)C(O)C(N)C(=O)O. The monoisotopic (exact) mass is 404 g/mol. The highest BCUT2D eigenvalue weighted by Crippen LogP contribution is 2.14. The van der Waals surface area contributed by atoms with Crippen LogP contribution in [0.3, 0.4) is 0 Å². The normalized spacial score (nSPS) is 16.9. The van der Waals surface area contributed by atoms with Crippen LogP contribution in [-0.4, -0.2) is 67.7 Å². The second kappa shape index (κ2) is 15.8. The predicted octanol–water partition coefficient (Wildman–Crippen LogP) is 1.56. The summed E-state index contributed by atoms with van der Waals surface area (Å²) >= 11 is 0. The molecule has 8 nitrogen and oxygen atoms in total. The van der Waals surface area contributed by atoms with Crippen molar-refractivity contribution in [3.8, 4) is 0 Å². The summed E-state index contributed by atoms with van der Waals surface area (Å²) in [6.07, 6.45) is 5.07. The first-order valence-corrected chi connectivity index (χ1v) is 10.5. The number of carbonyl (C=O) groups is 1. The van der Waals surface area contributed by atoms with Gasteiger partial charge in [0.15, 0.2) is 0 Å². The standard InChI is InChI=1S/C20H40N2O6/c1-2-3-4-8-11-15(23)12-9-6-5-7-10-14(21)13-16(24)18(25)19(26)17(22)20(27)28/h15-19,21,23-26H,2-13,22H2,1H3,(H,27,28). The van der Waals surface area contributed by atoms with Crippen LogP contribution in [0.2, 0.25) is 0 Å². The Labute approximate surface area is 168 Å². The molecule has 8 N–H and O–H groups in total. The molecule has 0 bridgehead atoms. The number of unbranched alkanes of at least 4 members (excludes halogenated alkanes) is 6. The number of carboxylic acid groups (broad SMARTS) is 1. The van der Waals surface area contributed by atoms with E-state index in [0.717, 1.165) is 44.9 Å². The van der Waals surface area contributed by atoms with Crippen molar-refractivity contribution in [2.75, 3.05) is 0 Å². The van der Waals surface area contributed by atoms with E-state index in [-0.39, 0.29) is 18.2 Å². The molecule has 0 amide bonds. The number of carboxylic acids is 1. The van der Waals surface area contributed by atoms with Crippen molar-refractivity contribution < 1.29 is 30.3 Å². The fourth-order valence-corrected chi connectivity index (χ4v) is 3.08. The van der Waals surface area contributed by atoms with Gasteiger partial charge in [-0.3, -0.25) is 4.79 Å². The topological polar surface area (TPSA) is 168 Å². The number of aliphatic carboxylic acids is 1. The zero-order valence-electron chi connectivity index (χ0n) is 17.1. The molecule has 8 heteroatoms. The van der Waals surface area contributed by atoms with Crippen molar-refractivity contribution in [3.05, 3.63) is 0 Å². The van der Waals surface area contributed by atoms with Crippen LogP contribution in [0.15, 0.2) is 0 Å². The number of nitrogens with two attached hydrogens (primary N) is 1. The fraction of sp³-hybridized carbons (Fsp3) is 0.900. The molecule has 0 aliphatic carbocycles. The van der Waals surface area contributed by atoms with Crippen LogP contribution in [0, 0.1) is 5.41 Å². The van der Waals surface area contributed by atoms with Crippen LogP contribution in [0.4, 0.5) is 0 Å². The molecule has 0 fully saturated rings. The Kier molecular flexibility index (Phi) is 15.2. The summed E-state index contributed by atoms with van der Waals surface area (Å²) in [5.74, 6) is -1.47. The molecule has 0 heterocycles. The summed E-state index contributed by atoms with van der Waals surface area (Å²) in [6, 6.07) is -1.69. The Morgan fingerprint density at radius 1 is 0.893 bits per heavy atom. The van der Waals surface area contributed by atoms with Gasteiger partial charge in [-0.2, -0.15) is 0 Å². The molecule has 0 aliphatic rings. The van der Waals surface area contributed by atoms with E-state index in [2.05, 4.69) is 6.92 Å². The molecule has 0 rings (SSSR count). The summed E-state index contributed by atoms with van der Waals surface area (Å²) in [6.45, 7) is 2.16. The summed E-state index contributed by atoms with van der Waals surface area (Å²) in [4.78, 5) is 10.7. The van der Waals surface area contributed by atoms with Gasteiger partial charge in [0.2, 0.25) is 0 Å². The molecule has 0 aliphatic heterocycles. The van der Waals surface area contributed by atoms with Crippen LogP contribution < -0.4 is 5.73 Å². The third-order valence-electron chi connectivity index (χ3n) is 5.01. The quantitative estimate of drug-likeness (QED) is 0.134. The number of aliphatic hydroxyl groups is 4. The average molecular weight is 405 g/mol. The molecule has 28 heavy (non-hydrogen) atoms. The van der Waals surface area contributed by atoms with E-state index in [0.29, 0.717) is 6.42 Å². The predicted molar refractivity (Wildman–Crippen MR) is 108 cm³/mol. The second-order valence-corrected chi connectivity index (χ2v) is 7.68. The molecule has 0 aromatic heterocycles. The van der Waals surface area contributed by atoms with Gasteiger partial charge in [-0.25, -0.2) is 0 Å². The highest BCUT2D eigenvalue weighted by atomic mass is 16.4. The lowest BCUT2D eigenvalue weighted by atomic mass is 9.96. The molecular formula is C20H40N2O6. The number of rotatable bonds is 18. The summed E-state index contributed by atoms with van der Waals surface area (Å²) in [5, 5.41) is 55.8. The maximum Gasteiger partial charge on any atom is 0.323 e. The van der Waals surface area contributed by atoms with Crippen molar-refractivity contribution in [1.29, 1.82) is 5.41 Å². The molecule has 0 spiro atoms. The Morgan fingerprint density at radius 2 is 1.43 bits per heavy atom. The first kappa shape index (κ1) is 26.9. The molecule has 166 valence electrons. The van der Waals surface area contributed by atoms with Crippen LogP contribution in [-0.2, 0) is 4.79 Å². The highest BCUT2D eigenvalue weighted by Gasteiger charge is 2.33. The number of hydrogen-bond donors (Lipinski definition) is 7. The molecule has 5 atom stereocenters. The van der Waals surface area contributed by atoms with Crippen LogP contribution >= 0.6 is 0 Å². The molecule has 0 radical (unpaired) electrons. The minimum Gasteiger partial charge on any atom is -0.480 e. The van der Waals surface area contributed by atoms with E-state index < -0.39 is 30.3 Å². The third kappa shape index (κ3) is 12.4. The number of aliphatic hydroxyl groups excluding tert-OH is 4. The van der Waals surface area contributed by atoms with Crippen LogP contribution in [0.25, 0.3) is 0 Å². The van der Waals surface area contributed by atoms with E-state index in [9.17, 15) is 25.2 Å². The molecule has 0 aromatic carbocycles. The molecule has 0 aromatic rings. The van der Waals surface area contributed by atoms with E-state index >= 15 is 0 Å². The summed E-state index contributed by atoms with van der Waals surface area (Å²) in [5.41, 5.74) is 5.46. The van der Waals surface area contributed by atoms with Crippen molar-refractivity contribution in [1.82, 2.24) is 0 Å². The molecule has 5 unspecified atom stereocenters. The van der Waals surface area contributed by atoms with Gasteiger partial charge in [-0.15, -0.1) is 0 Å². The van der Waals surface area contributed by atoms with E-state index in [1.807, 2.05) is 0 Å². The van der Waals surface area contributed by atoms with Crippen LogP contribution in [0.1, 0.15) is 84.0 Å². The van der Waals surface area contributed by atoms with Gasteiger partial charge in [0.25, 0.3) is 0 Å². The van der Waals surface area contributed by atoms with Crippen molar-refractivity contribution in [2.45, 2.75) is 114 Å². The lowest BCUT2D eigenvalue weighted by Crippen LogP contribution is -2.52. The van der Waals surface area contributed by atoms with E-state index in [1.54, 1.807) is 0 Å². The zero-order chi connectivity index (χ0) is 21.5. The van der Waals surface area contributed by atoms with E-state index in [4.69, 9.17) is 16.2 Å². The average Bonchev–Trinajstić information content (AvgIpc) is 2.65. The van der Waals surface area contributed by atoms with Gasteiger partial charge < -0.3 is 36.7 Å². The largest absolute Gasteiger partial charge is 0.480 e. The molecule has 0 saturated heterocycles. The number of nitrogens with one attached hydrogen (secondary N) is 1. The Morgan fingerprint density at radius 3 is 1.96 bits per heavy atom.